The maximum absolute atomic E-state index is 14.5. The van der Waals surface area contributed by atoms with Crippen LogP contribution in [0.4, 0.5) is 23.7 Å². The molecule has 1 N–H and O–H groups in total. The Bertz CT molecular complexity index is 1580. The number of benzene rings is 1. The summed E-state index contributed by atoms with van der Waals surface area (Å²) in [6.07, 6.45) is -4.69. The highest BCUT2D eigenvalue weighted by Crippen LogP contribution is 2.44. The molecule has 2 aliphatic rings. The molecule has 0 spiro atoms. The van der Waals surface area contributed by atoms with E-state index in [1.807, 2.05) is 0 Å². The number of anilines is 1. The molecule has 13 nitrogen and oxygen atoms in total. The van der Waals surface area contributed by atoms with E-state index in [0.29, 0.717) is 12.8 Å². The second kappa shape index (κ2) is 13.7. The average molecular weight is 669 g/mol. The van der Waals surface area contributed by atoms with E-state index in [2.05, 4.69) is 5.32 Å². The van der Waals surface area contributed by atoms with Crippen LogP contribution in [0.25, 0.3) is 0 Å². The standard InChI is InChI=1S/C31H39F3N4O9/c1-7-25(39)35-10-12-37-22-13-20(21(31(32,33)34)14-23(22)47-30(5,6)27(37)41)26(40)38(17(2)3)19-9-8-11-36(15-19)28(42)44-16-24-18(4)45-29(43)46-24/h13-14,17,19H,7-12,15-16H2,1-6H3,(H,35,39)/t19-/m1/s1. The highest BCUT2D eigenvalue weighted by Gasteiger charge is 2.45. The van der Waals surface area contributed by atoms with Gasteiger partial charge in [-0.15, -0.1) is 0 Å². The third-order valence-corrected chi connectivity index (χ3v) is 8.03. The fourth-order valence-electron chi connectivity index (χ4n) is 5.71. The molecule has 1 atom stereocenters. The number of carbonyl (C=O) groups excluding carboxylic acids is 4. The van der Waals surface area contributed by atoms with Gasteiger partial charge in [0.2, 0.25) is 5.91 Å². The smallest absolute Gasteiger partial charge is 0.476 e. The zero-order chi connectivity index (χ0) is 34.8. The number of aryl methyl sites for hydroxylation is 1. The van der Waals surface area contributed by atoms with Gasteiger partial charge in [-0.3, -0.25) is 14.4 Å². The van der Waals surface area contributed by atoms with Crippen LogP contribution in [-0.4, -0.2) is 77.5 Å². The number of nitrogens with zero attached hydrogens (tertiary/aromatic N) is 3. The Labute approximate surface area is 268 Å². The van der Waals surface area contributed by atoms with E-state index in [4.69, 9.17) is 18.3 Å². The van der Waals surface area contributed by atoms with Crippen LogP contribution in [0.2, 0.25) is 0 Å². The SMILES string of the molecule is CCC(=O)NCCN1C(=O)C(C)(C)Oc2cc(C(F)(F)F)c(C(=O)N(C(C)C)[C@@H]3CCCN(C(=O)OCc4oc(=O)oc4C)C3)cc21. The molecule has 16 heteroatoms. The van der Waals surface area contributed by atoms with Crippen LogP contribution < -0.4 is 20.8 Å². The highest BCUT2D eigenvalue weighted by atomic mass is 19.4. The van der Waals surface area contributed by atoms with E-state index in [9.17, 15) is 37.1 Å². The Balaban J connectivity index is 1.65. The summed E-state index contributed by atoms with van der Waals surface area (Å²) in [5.74, 6) is -2.74. The Morgan fingerprint density at radius 3 is 2.47 bits per heavy atom. The topological polar surface area (TPSA) is 152 Å². The molecule has 47 heavy (non-hydrogen) atoms. The molecule has 0 unspecified atom stereocenters. The average Bonchev–Trinajstić information content (AvgIpc) is 3.32. The number of ether oxygens (including phenoxy) is 2. The summed E-state index contributed by atoms with van der Waals surface area (Å²) in [6.45, 7) is 9.12. The number of rotatable bonds is 9. The molecular formula is C31H39F3N4O9. The van der Waals surface area contributed by atoms with Crippen LogP contribution in [0, 0.1) is 6.92 Å². The molecule has 1 fully saturated rings. The van der Waals surface area contributed by atoms with Gasteiger partial charge < -0.3 is 38.3 Å². The monoisotopic (exact) mass is 668 g/mol. The minimum absolute atomic E-state index is 0.0245. The number of alkyl halides is 3. The first-order valence-electron chi connectivity index (χ1n) is 15.3. The van der Waals surface area contributed by atoms with E-state index >= 15 is 0 Å². The first-order valence-corrected chi connectivity index (χ1v) is 15.3. The van der Waals surface area contributed by atoms with Crippen molar-refractivity contribution in [1.82, 2.24) is 15.1 Å². The Kier molecular flexibility index (Phi) is 10.3. The van der Waals surface area contributed by atoms with Crippen LogP contribution in [0.1, 0.15) is 81.3 Å². The molecule has 0 bridgehead atoms. The lowest BCUT2D eigenvalue weighted by Crippen LogP contribution is -2.55. The molecule has 1 saturated heterocycles. The predicted molar refractivity (Wildman–Crippen MR) is 160 cm³/mol. The Morgan fingerprint density at radius 1 is 1.17 bits per heavy atom. The lowest BCUT2D eigenvalue weighted by Gasteiger charge is -2.42. The Morgan fingerprint density at radius 2 is 1.87 bits per heavy atom. The molecule has 4 rings (SSSR count). The number of amides is 4. The Hall–Kier alpha value is -4.50. The molecule has 0 saturated carbocycles. The van der Waals surface area contributed by atoms with Gasteiger partial charge in [-0.2, -0.15) is 13.2 Å². The van der Waals surface area contributed by atoms with Gasteiger partial charge in [-0.05, 0) is 59.6 Å². The zero-order valence-corrected chi connectivity index (χ0v) is 27.1. The van der Waals surface area contributed by atoms with E-state index < -0.39 is 58.7 Å². The quantitative estimate of drug-likeness (QED) is 0.414. The van der Waals surface area contributed by atoms with Crippen LogP contribution in [0.3, 0.4) is 0 Å². The highest BCUT2D eigenvalue weighted by molar-refractivity contribution is 6.05. The van der Waals surface area contributed by atoms with Gasteiger partial charge in [0, 0.05) is 38.6 Å². The predicted octanol–water partition coefficient (Wildman–Crippen LogP) is 4.24. The van der Waals surface area contributed by atoms with Crippen LogP contribution >= 0.6 is 0 Å². The summed E-state index contributed by atoms with van der Waals surface area (Å²) in [4.78, 5) is 67.4. The molecule has 258 valence electrons. The summed E-state index contributed by atoms with van der Waals surface area (Å²) in [5, 5.41) is 2.65. The van der Waals surface area contributed by atoms with Crippen molar-refractivity contribution in [2.24, 2.45) is 0 Å². The third kappa shape index (κ3) is 7.73. The minimum Gasteiger partial charge on any atom is -0.476 e. The summed E-state index contributed by atoms with van der Waals surface area (Å²) < 4.78 is 64.3. The number of piperidine rings is 1. The molecule has 4 amide bonds. The van der Waals surface area contributed by atoms with Gasteiger partial charge >= 0.3 is 18.1 Å². The summed E-state index contributed by atoms with van der Waals surface area (Å²) in [7, 11) is 0. The molecule has 3 heterocycles. The zero-order valence-electron chi connectivity index (χ0n) is 27.1. The van der Waals surface area contributed by atoms with Crippen molar-refractivity contribution in [2.75, 3.05) is 31.1 Å². The van der Waals surface area contributed by atoms with E-state index in [1.165, 1.54) is 35.5 Å². The van der Waals surface area contributed by atoms with Gasteiger partial charge in [0.15, 0.2) is 23.7 Å². The van der Waals surface area contributed by atoms with Crippen molar-refractivity contribution in [2.45, 2.75) is 91.3 Å². The molecule has 2 aromatic rings. The van der Waals surface area contributed by atoms with Gasteiger partial charge in [0.1, 0.15) is 5.75 Å². The maximum atomic E-state index is 14.5. The molecule has 1 aromatic carbocycles. The van der Waals surface area contributed by atoms with Gasteiger partial charge in [-0.1, -0.05) is 6.92 Å². The first kappa shape index (κ1) is 35.4. The minimum atomic E-state index is -4.96. The molecular weight excluding hydrogens is 629 g/mol. The van der Waals surface area contributed by atoms with Crippen molar-refractivity contribution in [3.8, 4) is 5.75 Å². The summed E-state index contributed by atoms with van der Waals surface area (Å²) >= 11 is 0. The number of hydrogen-bond acceptors (Lipinski definition) is 9. The fourth-order valence-corrected chi connectivity index (χ4v) is 5.71. The molecule has 1 aromatic heterocycles. The normalized spacial score (nSPS) is 17.7. The number of carbonyl (C=O) groups is 4. The largest absolute Gasteiger partial charge is 0.519 e. The van der Waals surface area contributed by atoms with Crippen molar-refractivity contribution >= 4 is 29.5 Å². The molecule has 0 aliphatic carbocycles. The summed E-state index contributed by atoms with van der Waals surface area (Å²) in [5.41, 5.74) is -3.47. The maximum Gasteiger partial charge on any atom is 0.519 e. The number of fused-ring (bicyclic) bond motifs is 1. The number of halogens is 3. The third-order valence-electron chi connectivity index (χ3n) is 8.03. The number of hydrogen-bond donors (Lipinski definition) is 1. The van der Waals surface area contributed by atoms with E-state index in [-0.39, 0.29) is 68.1 Å². The van der Waals surface area contributed by atoms with Crippen molar-refractivity contribution in [3.05, 3.63) is 45.4 Å². The van der Waals surface area contributed by atoms with E-state index in [0.717, 1.165) is 12.1 Å². The summed E-state index contributed by atoms with van der Waals surface area (Å²) in [6, 6.07) is 0.487. The number of nitrogens with one attached hydrogen (secondary N) is 1. The fraction of sp³-hybridized carbons (Fsp3) is 0.581. The van der Waals surface area contributed by atoms with Crippen molar-refractivity contribution in [3.63, 3.8) is 0 Å². The lowest BCUT2D eigenvalue weighted by atomic mass is 9.96. The van der Waals surface area contributed by atoms with Crippen molar-refractivity contribution < 1.29 is 50.7 Å². The molecule has 2 aliphatic heterocycles. The lowest BCUT2D eigenvalue weighted by molar-refractivity contribution is -0.138. The second-order valence-electron chi connectivity index (χ2n) is 12.2. The van der Waals surface area contributed by atoms with Crippen LogP contribution in [0.5, 0.6) is 5.75 Å². The second-order valence-corrected chi connectivity index (χ2v) is 12.2. The first-order chi connectivity index (χ1) is 21.9. The van der Waals surface area contributed by atoms with E-state index in [1.54, 1.807) is 20.8 Å². The van der Waals surface area contributed by atoms with Gasteiger partial charge in [0.25, 0.3) is 11.8 Å². The van der Waals surface area contributed by atoms with Gasteiger partial charge in [0.05, 0.1) is 22.9 Å². The van der Waals surface area contributed by atoms with Crippen LogP contribution in [0.15, 0.2) is 25.8 Å². The number of likely N-dealkylation sites (tertiary alicyclic amines) is 1. The van der Waals surface area contributed by atoms with Crippen LogP contribution in [-0.2, 0) is 27.1 Å². The van der Waals surface area contributed by atoms with Gasteiger partial charge in [-0.25, -0.2) is 9.59 Å². The van der Waals surface area contributed by atoms with Crippen molar-refractivity contribution in [1.29, 1.82) is 0 Å². The molecule has 0 radical (unpaired) electrons.